The maximum absolute atomic E-state index is 12.9. The van der Waals surface area contributed by atoms with Gasteiger partial charge in [0.1, 0.15) is 5.82 Å². The molecule has 0 aliphatic heterocycles. The second kappa shape index (κ2) is 4.61. The van der Waals surface area contributed by atoms with Crippen molar-refractivity contribution < 1.29 is 12.8 Å². The minimum Gasteiger partial charge on any atom is -0.328 e. The molecule has 1 aromatic heterocycles. The Balaban J connectivity index is 2.40. The van der Waals surface area contributed by atoms with E-state index in [1.54, 1.807) is 0 Å². The van der Waals surface area contributed by atoms with Crippen LogP contribution in [0.3, 0.4) is 0 Å². The van der Waals surface area contributed by atoms with Crippen LogP contribution in [0.2, 0.25) is 0 Å². The van der Waals surface area contributed by atoms with E-state index < -0.39 is 26.3 Å². The number of rotatable bonds is 3. The number of anilines is 1. The van der Waals surface area contributed by atoms with Gasteiger partial charge in [0.25, 0.3) is 15.6 Å². The van der Waals surface area contributed by atoms with Crippen molar-refractivity contribution in [2.45, 2.75) is 4.90 Å². The SMILES string of the molecule is O=c1[nH]cccc1S(=O)(=O)Nc1cccc(F)c1. The van der Waals surface area contributed by atoms with Crippen LogP contribution < -0.4 is 10.3 Å². The highest BCUT2D eigenvalue weighted by Crippen LogP contribution is 2.14. The minimum atomic E-state index is -4.02. The average Bonchev–Trinajstić information content (AvgIpc) is 2.28. The van der Waals surface area contributed by atoms with Gasteiger partial charge in [-0.3, -0.25) is 9.52 Å². The van der Waals surface area contributed by atoms with Crippen molar-refractivity contribution >= 4 is 15.7 Å². The van der Waals surface area contributed by atoms with Crippen LogP contribution >= 0.6 is 0 Å². The Hall–Kier alpha value is -2.15. The third kappa shape index (κ3) is 2.57. The maximum Gasteiger partial charge on any atom is 0.268 e. The predicted molar refractivity (Wildman–Crippen MR) is 64.3 cm³/mol. The molecule has 2 N–H and O–H groups in total. The van der Waals surface area contributed by atoms with Crippen LogP contribution in [0.1, 0.15) is 0 Å². The molecule has 94 valence electrons. The fourth-order valence-corrected chi connectivity index (χ4v) is 2.49. The molecule has 0 radical (unpaired) electrons. The lowest BCUT2D eigenvalue weighted by atomic mass is 10.3. The summed E-state index contributed by atoms with van der Waals surface area (Å²) in [6, 6.07) is 7.52. The number of benzene rings is 1. The van der Waals surface area contributed by atoms with Crippen molar-refractivity contribution in [3.8, 4) is 0 Å². The first-order valence-electron chi connectivity index (χ1n) is 4.95. The number of aromatic amines is 1. The third-order valence-electron chi connectivity index (χ3n) is 2.15. The molecule has 0 saturated carbocycles. The van der Waals surface area contributed by atoms with Gasteiger partial charge < -0.3 is 4.98 Å². The number of sulfonamides is 1. The number of halogens is 1. The van der Waals surface area contributed by atoms with Crippen LogP contribution in [-0.4, -0.2) is 13.4 Å². The Morgan fingerprint density at radius 2 is 1.94 bits per heavy atom. The zero-order valence-corrected chi connectivity index (χ0v) is 9.87. The molecule has 0 unspecified atom stereocenters. The summed E-state index contributed by atoms with van der Waals surface area (Å²) >= 11 is 0. The lowest BCUT2D eigenvalue weighted by Crippen LogP contribution is -2.22. The molecule has 0 bridgehead atoms. The van der Waals surface area contributed by atoms with Gasteiger partial charge in [-0.05, 0) is 30.3 Å². The summed E-state index contributed by atoms with van der Waals surface area (Å²) in [5, 5.41) is 0. The zero-order valence-electron chi connectivity index (χ0n) is 9.05. The summed E-state index contributed by atoms with van der Waals surface area (Å²) in [6.45, 7) is 0. The van der Waals surface area contributed by atoms with Gasteiger partial charge in [-0.2, -0.15) is 0 Å². The van der Waals surface area contributed by atoms with E-state index in [0.29, 0.717) is 0 Å². The van der Waals surface area contributed by atoms with E-state index in [1.807, 2.05) is 0 Å². The molecule has 2 aromatic rings. The van der Waals surface area contributed by atoms with Crippen molar-refractivity contribution in [1.82, 2.24) is 4.98 Å². The standard InChI is InChI=1S/C11H9FN2O3S/c12-8-3-1-4-9(7-8)14-18(16,17)10-5-2-6-13-11(10)15/h1-7,14H,(H,13,15). The molecule has 0 saturated heterocycles. The van der Waals surface area contributed by atoms with Crippen LogP contribution in [-0.2, 0) is 10.0 Å². The van der Waals surface area contributed by atoms with Crippen LogP contribution in [0.25, 0.3) is 0 Å². The Kier molecular flexibility index (Phi) is 3.15. The first-order chi connectivity index (χ1) is 8.49. The van der Waals surface area contributed by atoms with E-state index in [0.717, 1.165) is 6.07 Å². The summed E-state index contributed by atoms with van der Waals surface area (Å²) in [4.78, 5) is 13.2. The van der Waals surface area contributed by atoms with Gasteiger partial charge in [-0.15, -0.1) is 0 Å². The van der Waals surface area contributed by atoms with Crippen molar-refractivity contribution in [2.24, 2.45) is 0 Å². The number of hydrogen-bond donors (Lipinski definition) is 2. The molecule has 7 heteroatoms. The quantitative estimate of drug-likeness (QED) is 0.881. The van der Waals surface area contributed by atoms with Crippen LogP contribution in [0.5, 0.6) is 0 Å². The minimum absolute atomic E-state index is 0.0539. The van der Waals surface area contributed by atoms with E-state index in [9.17, 15) is 17.6 Å². The Morgan fingerprint density at radius 3 is 2.61 bits per heavy atom. The molecule has 0 atom stereocenters. The molecule has 0 amide bonds. The topological polar surface area (TPSA) is 79.0 Å². The second-order valence-electron chi connectivity index (χ2n) is 3.48. The smallest absolute Gasteiger partial charge is 0.268 e. The monoisotopic (exact) mass is 268 g/mol. The van der Waals surface area contributed by atoms with Crippen molar-refractivity contribution in [3.63, 3.8) is 0 Å². The van der Waals surface area contributed by atoms with E-state index >= 15 is 0 Å². The second-order valence-corrected chi connectivity index (χ2v) is 5.13. The van der Waals surface area contributed by atoms with Crippen molar-refractivity contribution in [3.05, 3.63) is 58.8 Å². The first-order valence-corrected chi connectivity index (χ1v) is 6.43. The molecule has 2 rings (SSSR count). The summed E-state index contributed by atoms with van der Waals surface area (Å²) in [5.41, 5.74) is -0.681. The Morgan fingerprint density at radius 1 is 1.17 bits per heavy atom. The average molecular weight is 268 g/mol. The molecule has 0 aliphatic carbocycles. The van der Waals surface area contributed by atoms with Crippen LogP contribution in [0.4, 0.5) is 10.1 Å². The molecule has 1 aromatic carbocycles. The zero-order chi connectivity index (χ0) is 13.2. The van der Waals surface area contributed by atoms with E-state index in [4.69, 9.17) is 0 Å². The number of hydrogen-bond acceptors (Lipinski definition) is 3. The van der Waals surface area contributed by atoms with E-state index in [-0.39, 0.29) is 5.69 Å². The highest BCUT2D eigenvalue weighted by molar-refractivity contribution is 7.92. The molecule has 18 heavy (non-hydrogen) atoms. The number of aromatic nitrogens is 1. The van der Waals surface area contributed by atoms with Crippen molar-refractivity contribution in [2.75, 3.05) is 4.72 Å². The van der Waals surface area contributed by atoms with Gasteiger partial charge in [-0.25, -0.2) is 12.8 Å². The normalized spacial score (nSPS) is 11.2. The van der Waals surface area contributed by atoms with Gasteiger partial charge in [0, 0.05) is 6.20 Å². The highest BCUT2D eigenvalue weighted by Gasteiger charge is 2.17. The largest absolute Gasteiger partial charge is 0.328 e. The van der Waals surface area contributed by atoms with E-state index in [1.165, 1.54) is 36.5 Å². The van der Waals surface area contributed by atoms with Gasteiger partial charge in [-0.1, -0.05) is 6.07 Å². The molecular formula is C11H9FN2O3S. The molecule has 0 fully saturated rings. The van der Waals surface area contributed by atoms with Gasteiger partial charge >= 0.3 is 0 Å². The number of nitrogens with one attached hydrogen (secondary N) is 2. The Labute approximate surface area is 102 Å². The summed E-state index contributed by atoms with van der Waals surface area (Å²) in [6.07, 6.45) is 1.32. The molecule has 5 nitrogen and oxygen atoms in total. The van der Waals surface area contributed by atoms with Gasteiger partial charge in [0.15, 0.2) is 4.90 Å². The first kappa shape index (κ1) is 12.3. The molecule has 0 spiro atoms. The number of pyridine rings is 1. The predicted octanol–water partition coefficient (Wildman–Crippen LogP) is 1.31. The fraction of sp³-hybridized carbons (Fsp3) is 0. The molecule has 1 heterocycles. The van der Waals surface area contributed by atoms with Gasteiger partial charge in [0.2, 0.25) is 0 Å². The maximum atomic E-state index is 12.9. The van der Waals surface area contributed by atoms with Crippen molar-refractivity contribution in [1.29, 1.82) is 0 Å². The summed E-state index contributed by atoms with van der Waals surface area (Å²) in [5.74, 6) is -0.572. The van der Waals surface area contributed by atoms with Crippen LogP contribution in [0, 0.1) is 5.82 Å². The summed E-state index contributed by atoms with van der Waals surface area (Å²) in [7, 11) is -4.02. The molecule has 0 aliphatic rings. The van der Waals surface area contributed by atoms with Crippen LogP contribution in [0.15, 0.2) is 52.3 Å². The number of H-pyrrole nitrogens is 1. The highest BCUT2D eigenvalue weighted by atomic mass is 32.2. The third-order valence-corrected chi connectivity index (χ3v) is 3.55. The Bertz CT molecular complexity index is 725. The fourth-order valence-electron chi connectivity index (χ4n) is 1.38. The summed E-state index contributed by atoms with van der Waals surface area (Å²) < 4.78 is 38.8. The van der Waals surface area contributed by atoms with E-state index in [2.05, 4.69) is 9.71 Å². The lowest BCUT2D eigenvalue weighted by molar-refractivity contribution is 0.599. The molecular weight excluding hydrogens is 259 g/mol. The van der Waals surface area contributed by atoms with Gasteiger partial charge in [0.05, 0.1) is 5.69 Å². The lowest BCUT2D eigenvalue weighted by Gasteiger charge is -2.06.